The quantitative estimate of drug-likeness (QED) is 0.703. The zero-order valence-electron chi connectivity index (χ0n) is 15.8. The molecule has 1 N–H and O–H groups in total. The summed E-state index contributed by atoms with van der Waals surface area (Å²) < 4.78 is 5.13. The molecule has 0 saturated carbocycles. The molecule has 3 aromatic rings. The summed E-state index contributed by atoms with van der Waals surface area (Å²) in [6.45, 7) is 1.44. The Balaban J connectivity index is 1.36. The van der Waals surface area contributed by atoms with Gasteiger partial charge < -0.3 is 19.5 Å². The summed E-state index contributed by atoms with van der Waals surface area (Å²) in [5.41, 5.74) is 2.02. The Kier molecular flexibility index (Phi) is 5.02. The summed E-state index contributed by atoms with van der Waals surface area (Å²) in [7, 11) is 2.11. The zero-order valence-corrected chi connectivity index (χ0v) is 15.8. The van der Waals surface area contributed by atoms with Crippen LogP contribution < -0.4 is 15.8 Å². The highest BCUT2D eigenvalue weighted by Gasteiger charge is 2.25. The Morgan fingerprint density at radius 3 is 2.57 bits per heavy atom. The predicted molar refractivity (Wildman–Crippen MR) is 111 cm³/mol. The second-order valence-corrected chi connectivity index (χ2v) is 7.10. The van der Waals surface area contributed by atoms with Crippen molar-refractivity contribution in [1.82, 2.24) is 4.90 Å². The minimum absolute atomic E-state index is 0.0995. The molecule has 0 aliphatic carbocycles. The Morgan fingerprint density at radius 2 is 1.82 bits per heavy atom. The van der Waals surface area contributed by atoms with E-state index in [0.29, 0.717) is 17.3 Å². The SMILES string of the molecule is CN(c1ccccc1)C1CCN(C(=O)Nc2ccc3oc(=O)ccc3c2)CC1. The zero-order chi connectivity index (χ0) is 19.5. The van der Waals surface area contributed by atoms with Crippen LogP contribution in [0.3, 0.4) is 0 Å². The first kappa shape index (κ1) is 18.1. The van der Waals surface area contributed by atoms with Gasteiger partial charge in [0.15, 0.2) is 0 Å². The summed E-state index contributed by atoms with van der Waals surface area (Å²) >= 11 is 0. The van der Waals surface area contributed by atoms with Gasteiger partial charge in [-0.25, -0.2) is 9.59 Å². The predicted octanol–water partition coefficient (Wildman–Crippen LogP) is 3.93. The number of carbonyl (C=O) groups is 1. The van der Waals surface area contributed by atoms with Crippen LogP contribution >= 0.6 is 0 Å². The van der Waals surface area contributed by atoms with Crippen molar-refractivity contribution >= 4 is 28.4 Å². The van der Waals surface area contributed by atoms with Gasteiger partial charge >= 0.3 is 11.7 Å². The fourth-order valence-electron chi connectivity index (χ4n) is 3.68. The first-order chi connectivity index (χ1) is 13.6. The molecule has 1 aliphatic heterocycles. The number of anilines is 2. The lowest BCUT2D eigenvalue weighted by Crippen LogP contribution is -2.47. The topological polar surface area (TPSA) is 65.8 Å². The largest absolute Gasteiger partial charge is 0.423 e. The van der Waals surface area contributed by atoms with Crippen LogP contribution in [-0.2, 0) is 0 Å². The number of hydrogen-bond donors (Lipinski definition) is 1. The van der Waals surface area contributed by atoms with Crippen molar-refractivity contribution in [1.29, 1.82) is 0 Å². The molecule has 2 heterocycles. The smallest absolute Gasteiger partial charge is 0.336 e. The number of hydrogen-bond acceptors (Lipinski definition) is 4. The number of amides is 2. The number of likely N-dealkylation sites (tertiary alicyclic amines) is 1. The van der Waals surface area contributed by atoms with Crippen LogP contribution in [0.2, 0.25) is 0 Å². The fourth-order valence-corrected chi connectivity index (χ4v) is 3.68. The molecule has 28 heavy (non-hydrogen) atoms. The van der Waals surface area contributed by atoms with Crippen LogP contribution in [0.15, 0.2) is 69.9 Å². The molecular formula is C22H23N3O3. The van der Waals surface area contributed by atoms with Crippen molar-refractivity contribution < 1.29 is 9.21 Å². The molecule has 0 radical (unpaired) electrons. The fraction of sp³-hybridized carbons (Fsp3) is 0.273. The van der Waals surface area contributed by atoms with Crippen molar-refractivity contribution in [2.24, 2.45) is 0 Å². The first-order valence-electron chi connectivity index (χ1n) is 9.48. The molecule has 0 bridgehead atoms. The minimum Gasteiger partial charge on any atom is -0.423 e. The van der Waals surface area contributed by atoms with E-state index in [-0.39, 0.29) is 11.7 Å². The van der Waals surface area contributed by atoms with Gasteiger partial charge in [-0.2, -0.15) is 0 Å². The third-order valence-corrected chi connectivity index (χ3v) is 5.33. The number of fused-ring (bicyclic) bond motifs is 1. The Bertz CT molecular complexity index is 1020. The molecule has 2 aromatic carbocycles. The van der Waals surface area contributed by atoms with Crippen LogP contribution in [0.4, 0.5) is 16.2 Å². The lowest BCUT2D eigenvalue weighted by atomic mass is 10.0. The highest BCUT2D eigenvalue weighted by Crippen LogP contribution is 2.23. The Hall–Kier alpha value is -3.28. The highest BCUT2D eigenvalue weighted by molar-refractivity contribution is 5.92. The van der Waals surface area contributed by atoms with Crippen LogP contribution in [0, 0.1) is 0 Å². The molecule has 144 valence electrons. The van der Waals surface area contributed by atoms with E-state index in [4.69, 9.17) is 4.42 Å². The lowest BCUT2D eigenvalue weighted by molar-refractivity contribution is 0.194. The number of urea groups is 1. The van der Waals surface area contributed by atoms with Crippen molar-refractivity contribution in [3.8, 4) is 0 Å². The van der Waals surface area contributed by atoms with E-state index in [9.17, 15) is 9.59 Å². The molecule has 1 saturated heterocycles. The molecular weight excluding hydrogens is 354 g/mol. The lowest BCUT2D eigenvalue weighted by Gasteiger charge is -2.37. The third kappa shape index (κ3) is 3.86. The second-order valence-electron chi connectivity index (χ2n) is 7.10. The van der Waals surface area contributed by atoms with Crippen LogP contribution in [-0.4, -0.2) is 37.1 Å². The maximum atomic E-state index is 12.6. The van der Waals surface area contributed by atoms with Gasteiger partial charge in [0, 0.05) is 49.0 Å². The van der Waals surface area contributed by atoms with Gasteiger partial charge in [-0.3, -0.25) is 0 Å². The first-order valence-corrected chi connectivity index (χ1v) is 9.48. The number of para-hydroxylation sites is 1. The van der Waals surface area contributed by atoms with E-state index in [1.165, 1.54) is 11.8 Å². The molecule has 1 fully saturated rings. The van der Waals surface area contributed by atoms with Crippen LogP contribution in [0.1, 0.15) is 12.8 Å². The Labute approximate surface area is 163 Å². The molecule has 1 aromatic heterocycles. The van der Waals surface area contributed by atoms with Gasteiger partial charge in [0.1, 0.15) is 5.58 Å². The second kappa shape index (κ2) is 7.76. The van der Waals surface area contributed by atoms with Gasteiger partial charge in [0.2, 0.25) is 0 Å². The minimum atomic E-state index is -0.382. The molecule has 4 rings (SSSR count). The standard InChI is InChI=1S/C22H23N3O3/c1-24(18-5-3-2-4-6-18)19-11-13-25(14-12-19)22(27)23-17-8-9-20-16(15-17)7-10-21(26)28-20/h2-10,15,19H,11-14H2,1H3,(H,23,27). The summed E-state index contributed by atoms with van der Waals surface area (Å²) in [6, 6.07) is 19.0. The summed E-state index contributed by atoms with van der Waals surface area (Å²) in [5.74, 6) is 0. The normalized spacial score (nSPS) is 14.8. The van der Waals surface area contributed by atoms with E-state index in [2.05, 4.69) is 29.4 Å². The van der Waals surface area contributed by atoms with E-state index in [1.54, 1.807) is 18.2 Å². The molecule has 0 atom stereocenters. The van der Waals surface area contributed by atoms with Gasteiger partial charge in [0.25, 0.3) is 0 Å². The summed E-state index contributed by atoms with van der Waals surface area (Å²) in [5, 5.41) is 3.73. The average Bonchev–Trinajstić information content (AvgIpc) is 2.74. The Morgan fingerprint density at radius 1 is 1.07 bits per heavy atom. The number of nitrogens with zero attached hydrogens (tertiary/aromatic N) is 2. The van der Waals surface area contributed by atoms with E-state index < -0.39 is 0 Å². The molecule has 2 amide bonds. The van der Waals surface area contributed by atoms with Gasteiger partial charge in [-0.05, 0) is 49.2 Å². The van der Waals surface area contributed by atoms with Gasteiger partial charge in [-0.15, -0.1) is 0 Å². The third-order valence-electron chi connectivity index (χ3n) is 5.33. The van der Waals surface area contributed by atoms with Crippen molar-refractivity contribution in [3.05, 3.63) is 71.1 Å². The maximum absolute atomic E-state index is 12.6. The summed E-state index contributed by atoms with van der Waals surface area (Å²) in [6.07, 6.45) is 1.86. The molecule has 6 nitrogen and oxygen atoms in total. The van der Waals surface area contributed by atoms with E-state index in [1.807, 2.05) is 29.2 Å². The number of piperidine rings is 1. The summed E-state index contributed by atoms with van der Waals surface area (Å²) in [4.78, 5) is 28.1. The monoisotopic (exact) mass is 377 g/mol. The van der Waals surface area contributed by atoms with Gasteiger partial charge in [0.05, 0.1) is 0 Å². The van der Waals surface area contributed by atoms with Crippen molar-refractivity contribution in [3.63, 3.8) is 0 Å². The molecule has 1 aliphatic rings. The number of rotatable bonds is 3. The molecule has 0 unspecified atom stereocenters. The van der Waals surface area contributed by atoms with Crippen LogP contribution in [0.5, 0.6) is 0 Å². The molecule has 6 heteroatoms. The van der Waals surface area contributed by atoms with E-state index >= 15 is 0 Å². The van der Waals surface area contributed by atoms with Crippen molar-refractivity contribution in [2.45, 2.75) is 18.9 Å². The highest BCUT2D eigenvalue weighted by atomic mass is 16.4. The average molecular weight is 377 g/mol. The number of carbonyl (C=O) groups excluding carboxylic acids is 1. The van der Waals surface area contributed by atoms with Gasteiger partial charge in [-0.1, -0.05) is 18.2 Å². The number of nitrogens with one attached hydrogen (secondary N) is 1. The number of benzene rings is 2. The van der Waals surface area contributed by atoms with Crippen LogP contribution in [0.25, 0.3) is 11.0 Å². The maximum Gasteiger partial charge on any atom is 0.336 e. The van der Waals surface area contributed by atoms with Crippen molar-refractivity contribution in [2.75, 3.05) is 30.4 Å². The molecule has 0 spiro atoms. The van der Waals surface area contributed by atoms with E-state index in [0.717, 1.165) is 31.3 Å².